The Balaban J connectivity index is 1.70. The van der Waals surface area contributed by atoms with Crippen LogP contribution < -0.4 is 16.0 Å². The summed E-state index contributed by atoms with van der Waals surface area (Å²) in [5.74, 6) is -0.0763. The Morgan fingerprint density at radius 2 is 2.03 bits per heavy atom. The maximum atomic E-state index is 14.2. The smallest absolute Gasteiger partial charge is 0.406 e. The van der Waals surface area contributed by atoms with Crippen LogP contribution in [-0.4, -0.2) is 65.1 Å². The number of halogens is 2. The van der Waals surface area contributed by atoms with Crippen molar-refractivity contribution >= 4 is 34.6 Å². The van der Waals surface area contributed by atoms with Crippen LogP contribution in [0.25, 0.3) is 0 Å². The van der Waals surface area contributed by atoms with Crippen molar-refractivity contribution in [2.75, 3.05) is 47.1 Å². The zero-order valence-electron chi connectivity index (χ0n) is 21.2. The zero-order valence-corrected chi connectivity index (χ0v) is 23.4. The third-order valence-electron chi connectivity index (χ3n) is 6.27. The summed E-state index contributed by atoms with van der Waals surface area (Å²) in [6.45, 7) is 2.47. The molecular weight excluding hydrogens is 592 g/mol. The van der Waals surface area contributed by atoms with E-state index in [1.54, 1.807) is 18.2 Å². The van der Waals surface area contributed by atoms with Gasteiger partial charge in [0.05, 0.1) is 13.7 Å². The van der Waals surface area contributed by atoms with Crippen molar-refractivity contribution in [3.8, 4) is 0 Å². The highest BCUT2D eigenvalue weighted by molar-refractivity contribution is 14.1. The fourth-order valence-electron chi connectivity index (χ4n) is 4.37. The number of amides is 2. The number of carbonyl (C=O) groups excluding carboxylic acids is 2. The average molecular weight is 627 g/mol. The molecule has 0 aliphatic carbocycles. The summed E-state index contributed by atoms with van der Waals surface area (Å²) in [6, 6.07) is 12.0. The van der Waals surface area contributed by atoms with Gasteiger partial charge in [0, 0.05) is 41.5 Å². The van der Waals surface area contributed by atoms with Crippen LogP contribution in [0.3, 0.4) is 0 Å². The molecule has 0 radical (unpaired) electrons. The van der Waals surface area contributed by atoms with Crippen LogP contribution in [0.5, 0.6) is 0 Å². The molecule has 2 aromatic carbocycles. The van der Waals surface area contributed by atoms with Gasteiger partial charge in [0.2, 0.25) is 0 Å². The molecule has 1 aliphatic heterocycles. The zero-order chi connectivity index (χ0) is 26.6. The van der Waals surface area contributed by atoms with E-state index in [9.17, 15) is 14.0 Å². The lowest BCUT2D eigenvalue weighted by Crippen LogP contribution is -2.41. The molecule has 0 unspecified atom stereocenters. The van der Waals surface area contributed by atoms with Crippen molar-refractivity contribution in [3.05, 3.63) is 68.5 Å². The fraction of sp³-hybridized carbons (Fsp3) is 0.481. The summed E-state index contributed by atoms with van der Waals surface area (Å²) in [5.41, 5.74) is 1.81. The number of ether oxygens (including phenoxy) is 3. The maximum Gasteiger partial charge on any atom is 0.406 e. The van der Waals surface area contributed by atoms with Crippen molar-refractivity contribution in [2.24, 2.45) is 5.92 Å². The summed E-state index contributed by atoms with van der Waals surface area (Å²) < 4.78 is 31.2. The van der Waals surface area contributed by atoms with Crippen LogP contribution >= 0.6 is 22.6 Å². The van der Waals surface area contributed by atoms with E-state index in [1.165, 1.54) is 19.2 Å². The van der Waals surface area contributed by atoms with Gasteiger partial charge in [0.1, 0.15) is 11.9 Å². The predicted octanol–water partition coefficient (Wildman–Crippen LogP) is 4.03. The molecule has 0 saturated carbocycles. The first-order valence-electron chi connectivity index (χ1n) is 12.4. The van der Waals surface area contributed by atoms with Crippen molar-refractivity contribution < 1.29 is 28.2 Å². The van der Waals surface area contributed by atoms with E-state index < -0.39 is 12.2 Å². The quantitative estimate of drug-likeness (QED) is 0.243. The molecule has 10 heteroatoms. The molecule has 202 valence electrons. The van der Waals surface area contributed by atoms with E-state index in [2.05, 4.69) is 43.3 Å². The Labute approximate surface area is 231 Å². The number of nitrogens with one attached hydrogen (secondary N) is 3. The molecular formula is C27H35FIN3O5. The van der Waals surface area contributed by atoms with Crippen LogP contribution in [0, 0.1) is 15.3 Å². The Kier molecular flexibility index (Phi) is 12.0. The first-order valence-corrected chi connectivity index (χ1v) is 13.5. The van der Waals surface area contributed by atoms with Gasteiger partial charge in [-0.25, -0.2) is 9.18 Å². The lowest BCUT2D eigenvalue weighted by atomic mass is 9.94. The molecule has 37 heavy (non-hydrogen) atoms. The standard InChI is InChI=1S/C27H35FIN3O5/c1-30-24(11-18-5-4-9-36-17-18)16-32-26(33)20-7-3-6-19(12-20)25(37-10-8-31-27(34)35-2)21-13-22(28)15-23(29)14-21/h3,6-7,12-15,18,24-25,30H,4-5,8-11,16-17H2,1-2H3,(H,31,34)(H,32,33)/t18-,24+,25-/m1/s1. The van der Waals surface area contributed by atoms with E-state index in [0.29, 0.717) is 29.2 Å². The third-order valence-corrected chi connectivity index (χ3v) is 6.89. The minimum Gasteiger partial charge on any atom is -0.453 e. The second-order valence-corrected chi connectivity index (χ2v) is 10.3. The normalized spacial score (nSPS) is 17.0. The Morgan fingerprint density at radius 1 is 1.19 bits per heavy atom. The van der Waals surface area contributed by atoms with Crippen molar-refractivity contribution in [1.82, 2.24) is 16.0 Å². The molecule has 3 atom stereocenters. The van der Waals surface area contributed by atoms with Gasteiger partial charge in [0.25, 0.3) is 5.91 Å². The number of benzene rings is 2. The number of likely N-dealkylation sites (N-methyl/N-ethyl adjacent to an activating group) is 1. The largest absolute Gasteiger partial charge is 0.453 e. The summed E-state index contributed by atoms with van der Waals surface area (Å²) >= 11 is 2.05. The molecule has 1 heterocycles. The number of methoxy groups -OCH3 is 1. The van der Waals surface area contributed by atoms with E-state index in [-0.39, 0.29) is 30.9 Å². The Morgan fingerprint density at radius 3 is 2.73 bits per heavy atom. The molecule has 0 bridgehead atoms. The van der Waals surface area contributed by atoms with Crippen LogP contribution in [0.4, 0.5) is 9.18 Å². The third kappa shape index (κ3) is 9.51. The highest BCUT2D eigenvalue weighted by Crippen LogP contribution is 2.29. The van der Waals surface area contributed by atoms with Gasteiger partial charge in [-0.15, -0.1) is 0 Å². The molecule has 3 rings (SSSR count). The maximum absolute atomic E-state index is 14.2. The predicted molar refractivity (Wildman–Crippen MR) is 147 cm³/mol. The number of alkyl carbamates (subject to hydrolysis) is 1. The molecule has 3 N–H and O–H groups in total. The topological polar surface area (TPSA) is 97.9 Å². The number of hydrogen-bond donors (Lipinski definition) is 3. The van der Waals surface area contributed by atoms with E-state index in [0.717, 1.165) is 36.0 Å². The summed E-state index contributed by atoms with van der Waals surface area (Å²) in [5, 5.41) is 8.89. The van der Waals surface area contributed by atoms with Gasteiger partial charge in [-0.05, 0) is 96.3 Å². The fourth-order valence-corrected chi connectivity index (χ4v) is 5.03. The van der Waals surface area contributed by atoms with E-state index >= 15 is 0 Å². The van der Waals surface area contributed by atoms with E-state index in [4.69, 9.17) is 9.47 Å². The first-order chi connectivity index (χ1) is 17.9. The van der Waals surface area contributed by atoms with Crippen LogP contribution in [0.1, 0.15) is 46.9 Å². The van der Waals surface area contributed by atoms with Gasteiger partial charge in [-0.1, -0.05) is 12.1 Å². The Hall–Kier alpha value is -2.28. The van der Waals surface area contributed by atoms with Gasteiger partial charge in [-0.3, -0.25) is 4.79 Å². The molecule has 2 aromatic rings. The molecule has 1 aliphatic rings. The van der Waals surface area contributed by atoms with Crippen molar-refractivity contribution in [2.45, 2.75) is 31.4 Å². The number of carbonyl (C=O) groups is 2. The van der Waals surface area contributed by atoms with Crippen LogP contribution in [0.15, 0.2) is 42.5 Å². The van der Waals surface area contributed by atoms with Gasteiger partial charge in [-0.2, -0.15) is 0 Å². The van der Waals surface area contributed by atoms with Crippen LogP contribution in [-0.2, 0) is 14.2 Å². The second kappa shape index (κ2) is 15.2. The SMILES string of the molecule is CN[C@H](CNC(=O)c1cccc([C@@H](OCCNC(=O)OC)c2cc(F)cc(I)c2)c1)C[C@H]1CCCOC1. The lowest BCUT2D eigenvalue weighted by Gasteiger charge is -2.26. The summed E-state index contributed by atoms with van der Waals surface area (Å²) in [6.07, 6.45) is 1.96. The van der Waals surface area contributed by atoms with Crippen molar-refractivity contribution in [1.29, 1.82) is 0 Å². The van der Waals surface area contributed by atoms with Crippen LogP contribution in [0.2, 0.25) is 0 Å². The molecule has 1 fully saturated rings. The molecule has 0 aromatic heterocycles. The molecule has 8 nitrogen and oxygen atoms in total. The van der Waals surface area contributed by atoms with Gasteiger partial charge in [0.15, 0.2) is 0 Å². The average Bonchev–Trinajstić information content (AvgIpc) is 2.90. The van der Waals surface area contributed by atoms with Gasteiger partial charge < -0.3 is 30.2 Å². The summed E-state index contributed by atoms with van der Waals surface area (Å²) in [7, 11) is 3.19. The second-order valence-electron chi connectivity index (χ2n) is 9.01. The first kappa shape index (κ1) is 29.3. The Bertz CT molecular complexity index is 1010. The number of rotatable bonds is 12. The highest BCUT2D eigenvalue weighted by atomic mass is 127. The van der Waals surface area contributed by atoms with Crippen molar-refractivity contribution in [3.63, 3.8) is 0 Å². The molecule has 2 amide bonds. The summed E-state index contributed by atoms with van der Waals surface area (Å²) in [4.78, 5) is 24.4. The van der Waals surface area contributed by atoms with Gasteiger partial charge >= 0.3 is 6.09 Å². The monoisotopic (exact) mass is 627 g/mol. The lowest BCUT2D eigenvalue weighted by molar-refractivity contribution is 0.0478. The molecule has 0 spiro atoms. The molecule has 1 saturated heterocycles. The minimum absolute atomic E-state index is 0.145. The highest BCUT2D eigenvalue weighted by Gasteiger charge is 2.21. The number of hydrogen-bond acceptors (Lipinski definition) is 6. The van der Waals surface area contributed by atoms with E-state index in [1.807, 2.05) is 19.2 Å². The minimum atomic E-state index is -0.632.